The molecule has 0 fully saturated rings. The molecule has 0 bridgehead atoms. The van der Waals surface area contributed by atoms with Gasteiger partial charge in [0.25, 0.3) is 0 Å². The van der Waals surface area contributed by atoms with E-state index in [4.69, 9.17) is 23.2 Å². The predicted octanol–water partition coefficient (Wildman–Crippen LogP) is 2.45. The summed E-state index contributed by atoms with van der Waals surface area (Å²) in [6, 6.07) is 2.20. The summed E-state index contributed by atoms with van der Waals surface area (Å²) in [5.41, 5.74) is 1.05. The smallest absolute Gasteiger partial charge is 0.0634 e. The van der Waals surface area contributed by atoms with E-state index in [-0.39, 0.29) is 0 Å². The van der Waals surface area contributed by atoms with Crippen molar-refractivity contribution in [3.05, 3.63) is 29.0 Å². The van der Waals surface area contributed by atoms with E-state index in [0.717, 1.165) is 12.1 Å². The standard InChI is InChI=1S/C9H12Cl2N2/c1-7(4-10)13-5-8-2-3-12-6-9(8)11/h2-3,6-7,13H,4-5H2,1H3. The highest BCUT2D eigenvalue weighted by Gasteiger charge is 2.01. The van der Waals surface area contributed by atoms with Crippen LogP contribution in [0.2, 0.25) is 5.02 Å². The van der Waals surface area contributed by atoms with Crippen LogP contribution in [-0.2, 0) is 6.54 Å². The first-order valence-corrected chi connectivity index (χ1v) is 5.03. The summed E-state index contributed by atoms with van der Waals surface area (Å²) in [6.07, 6.45) is 3.37. The molecule has 0 saturated carbocycles. The quantitative estimate of drug-likeness (QED) is 0.786. The zero-order valence-electron chi connectivity index (χ0n) is 7.43. The molecule has 0 saturated heterocycles. The lowest BCUT2D eigenvalue weighted by atomic mass is 10.2. The Labute approximate surface area is 88.3 Å². The van der Waals surface area contributed by atoms with Crippen LogP contribution in [0, 0.1) is 0 Å². The van der Waals surface area contributed by atoms with Gasteiger partial charge in [-0.15, -0.1) is 11.6 Å². The fourth-order valence-corrected chi connectivity index (χ4v) is 1.18. The molecule has 0 aliphatic rings. The second-order valence-corrected chi connectivity index (χ2v) is 3.62. The minimum atomic E-state index is 0.297. The number of nitrogens with zero attached hydrogens (tertiary/aromatic N) is 1. The van der Waals surface area contributed by atoms with Gasteiger partial charge in [0.2, 0.25) is 0 Å². The van der Waals surface area contributed by atoms with Gasteiger partial charge in [-0.2, -0.15) is 0 Å². The monoisotopic (exact) mass is 218 g/mol. The first-order chi connectivity index (χ1) is 6.24. The number of nitrogens with one attached hydrogen (secondary N) is 1. The molecule has 0 radical (unpaired) electrons. The molecule has 1 aromatic heterocycles. The third-order valence-electron chi connectivity index (χ3n) is 1.73. The van der Waals surface area contributed by atoms with Gasteiger partial charge < -0.3 is 5.32 Å². The van der Waals surface area contributed by atoms with Crippen LogP contribution in [-0.4, -0.2) is 16.9 Å². The molecule has 13 heavy (non-hydrogen) atoms. The molecule has 0 amide bonds. The molecule has 72 valence electrons. The number of halogens is 2. The highest BCUT2D eigenvalue weighted by Crippen LogP contribution is 2.12. The Morgan fingerprint density at radius 1 is 1.62 bits per heavy atom. The number of pyridine rings is 1. The van der Waals surface area contributed by atoms with E-state index in [9.17, 15) is 0 Å². The molecule has 4 heteroatoms. The lowest BCUT2D eigenvalue weighted by molar-refractivity contribution is 0.593. The number of alkyl halides is 1. The van der Waals surface area contributed by atoms with Crippen LogP contribution >= 0.6 is 23.2 Å². The Hall–Kier alpha value is -0.310. The summed E-state index contributed by atoms with van der Waals surface area (Å²) in [4.78, 5) is 3.91. The molecule has 0 spiro atoms. The molecular weight excluding hydrogens is 207 g/mol. The summed E-state index contributed by atoms with van der Waals surface area (Å²) >= 11 is 11.6. The van der Waals surface area contributed by atoms with Crippen molar-refractivity contribution in [1.29, 1.82) is 0 Å². The topological polar surface area (TPSA) is 24.9 Å². The van der Waals surface area contributed by atoms with Crippen LogP contribution in [0.1, 0.15) is 12.5 Å². The molecular formula is C9H12Cl2N2. The van der Waals surface area contributed by atoms with Crippen molar-refractivity contribution in [2.45, 2.75) is 19.5 Å². The van der Waals surface area contributed by atoms with E-state index in [0.29, 0.717) is 16.9 Å². The number of rotatable bonds is 4. The molecule has 1 atom stereocenters. The van der Waals surface area contributed by atoms with Gasteiger partial charge in [0.15, 0.2) is 0 Å². The zero-order chi connectivity index (χ0) is 9.68. The third kappa shape index (κ3) is 3.51. The van der Waals surface area contributed by atoms with E-state index in [1.54, 1.807) is 12.4 Å². The maximum atomic E-state index is 5.92. The second kappa shape index (κ2) is 5.43. The van der Waals surface area contributed by atoms with Crippen molar-refractivity contribution in [2.24, 2.45) is 0 Å². The van der Waals surface area contributed by atoms with Crippen molar-refractivity contribution in [3.63, 3.8) is 0 Å². The van der Waals surface area contributed by atoms with E-state index in [1.165, 1.54) is 0 Å². The maximum Gasteiger partial charge on any atom is 0.0634 e. The number of hydrogen-bond donors (Lipinski definition) is 1. The van der Waals surface area contributed by atoms with Gasteiger partial charge in [0, 0.05) is 30.9 Å². The highest BCUT2D eigenvalue weighted by atomic mass is 35.5. The number of aromatic nitrogens is 1. The fourth-order valence-electron chi connectivity index (χ4n) is 0.886. The largest absolute Gasteiger partial charge is 0.309 e. The Balaban J connectivity index is 2.50. The normalized spacial score (nSPS) is 12.8. The zero-order valence-corrected chi connectivity index (χ0v) is 8.94. The first kappa shape index (κ1) is 10.8. The molecule has 1 aromatic rings. The van der Waals surface area contributed by atoms with Crippen LogP contribution < -0.4 is 5.32 Å². The molecule has 0 aromatic carbocycles. The minimum absolute atomic E-state index is 0.297. The molecule has 2 nitrogen and oxygen atoms in total. The van der Waals surface area contributed by atoms with Gasteiger partial charge in [-0.1, -0.05) is 11.6 Å². The SMILES string of the molecule is CC(CCl)NCc1ccncc1Cl. The maximum absolute atomic E-state index is 5.92. The van der Waals surface area contributed by atoms with E-state index in [1.807, 2.05) is 13.0 Å². The van der Waals surface area contributed by atoms with Crippen molar-refractivity contribution < 1.29 is 0 Å². The molecule has 0 aliphatic heterocycles. The highest BCUT2D eigenvalue weighted by molar-refractivity contribution is 6.31. The first-order valence-electron chi connectivity index (χ1n) is 4.11. The lowest BCUT2D eigenvalue weighted by Gasteiger charge is -2.10. The van der Waals surface area contributed by atoms with Crippen LogP contribution in [0.3, 0.4) is 0 Å². The molecule has 1 heterocycles. The molecule has 0 aliphatic carbocycles. The van der Waals surface area contributed by atoms with Crippen molar-refractivity contribution in [1.82, 2.24) is 10.3 Å². The van der Waals surface area contributed by atoms with Gasteiger partial charge in [0.1, 0.15) is 0 Å². The minimum Gasteiger partial charge on any atom is -0.309 e. The molecule has 1 unspecified atom stereocenters. The average molecular weight is 219 g/mol. The average Bonchev–Trinajstić information content (AvgIpc) is 2.16. The van der Waals surface area contributed by atoms with Crippen LogP contribution in [0.5, 0.6) is 0 Å². The van der Waals surface area contributed by atoms with Crippen molar-refractivity contribution >= 4 is 23.2 Å². The van der Waals surface area contributed by atoms with Gasteiger partial charge in [-0.05, 0) is 18.6 Å². The Morgan fingerprint density at radius 3 is 3.00 bits per heavy atom. The van der Waals surface area contributed by atoms with Crippen LogP contribution in [0.4, 0.5) is 0 Å². The third-order valence-corrected chi connectivity index (χ3v) is 2.53. The summed E-state index contributed by atoms with van der Waals surface area (Å²) in [6.45, 7) is 2.76. The fraction of sp³-hybridized carbons (Fsp3) is 0.444. The Bertz CT molecular complexity index is 266. The van der Waals surface area contributed by atoms with E-state index >= 15 is 0 Å². The summed E-state index contributed by atoms with van der Waals surface area (Å²) in [5.74, 6) is 0.600. The number of hydrogen-bond acceptors (Lipinski definition) is 2. The van der Waals surface area contributed by atoms with Crippen LogP contribution in [0.25, 0.3) is 0 Å². The Kier molecular flexibility index (Phi) is 4.50. The summed E-state index contributed by atoms with van der Waals surface area (Å²) < 4.78 is 0. The van der Waals surface area contributed by atoms with Gasteiger partial charge in [-0.3, -0.25) is 4.98 Å². The van der Waals surface area contributed by atoms with Crippen LogP contribution in [0.15, 0.2) is 18.5 Å². The van der Waals surface area contributed by atoms with Crippen molar-refractivity contribution in [2.75, 3.05) is 5.88 Å². The molecule has 1 rings (SSSR count). The van der Waals surface area contributed by atoms with Gasteiger partial charge in [-0.25, -0.2) is 0 Å². The van der Waals surface area contributed by atoms with E-state index in [2.05, 4.69) is 10.3 Å². The van der Waals surface area contributed by atoms with Gasteiger partial charge in [0.05, 0.1) is 5.02 Å². The second-order valence-electron chi connectivity index (χ2n) is 2.90. The predicted molar refractivity (Wildman–Crippen MR) is 56.3 cm³/mol. The molecule has 1 N–H and O–H groups in total. The summed E-state index contributed by atoms with van der Waals surface area (Å²) in [5, 5.41) is 3.94. The Morgan fingerprint density at radius 2 is 2.38 bits per heavy atom. The van der Waals surface area contributed by atoms with Gasteiger partial charge >= 0.3 is 0 Å². The lowest BCUT2D eigenvalue weighted by Crippen LogP contribution is -2.26. The summed E-state index contributed by atoms with van der Waals surface area (Å²) in [7, 11) is 0. The van der Waals surface area contributed by atoms with E-state index < -0.39 is 0 Å². The van der Waals surface area contributed by atoms with Crippen molar-refractivity contribution in [3.8, 4) is 0 Å².